The molecule has 0 amide bonds. The summed E-state index contributed by atoms with van der Waals surface area (Å²) in [6, 6.07) is 62.5. The summed E-state index contributed by atoms with van der Waals surface area (Å²) in [5.41, 5.74) is 9.37. The average Bonchev–Trinajstić information content (AvgIpc) is 3.23. The van der Waals surface area contributed by atoms with Crippen molar-refractivity contribution in [2.75, 3.05) is 0 Å². The van der Waals surface area contributed by atoms with E-state index in [-0.39, 0.29) is 0 Å². The molecule has 0 radical (unpaired) electrons. The summed E-state index contributed by atoms with van der Waals surface area (Å²) in [4.78, 5) is 15.0. The smallest absolute Gasteiger partial charge is 0.161 e. The molecule has 0 saturated heterocycles. The number of hydrogen-bond acceptors (Lipinski definition) is 3. The van der Waals surface area contributed by atoms with E-state index in [1.807, 2.05) is 12.3 Å². The van der Waals surface area contributed by atoms with Gasteiger partial charge >= 0.3 is 0 Å². The Morgan fingerprint density at radius 2 is 0.827 bits per heavy atom. The highest BCUT2D eigenvalue weighted by Gasteiger charge is 2.16. The Morgan fingerprint density at radius 1 is 0.308 bits per heavy atom. The zero-order chi connectivity index (χ0) is 34.4. The van der Waals surface area contributed by atoms with Gasteiger partial charge in [-0.25, -0.2) is 9.97 Å². The lowest BCUT2D eigenvalue weighted by atomic mass is 9.92. The summed E-state index contributed by atoms with van der Waals surface area (Å²) >= 11 is 0. The molecule has 0 atom stereocenters. The molecular formula is C49H31N3. The SMILES string of the molecule is c1cncc(-c2cccc(-c3cc(-c4ccc(-c5cc6ccccc6c6ccccc56)cc4)nc(-c4cc5ccccc5c5ccccc45)n3)c2)c1. The molecule has 10 aromatic rings. The summed E-state index contributed by atoms with van der Waals surface area (Å²) in [5.74, 6) is 0.700. The van der Waals surface area contributed by atoms with Gasteiger partial charge in [0.15, 0.2) is 5.82 Å². The fourth-order valence-corrected chi connectivity index (χ4v) is 7.61. The zero-order valence-corrected chi connectivity index (χ0v) is 28.2. The largest absolute Gasteiger partial charge is 0.264 e. The van der Waals surface area contributed by atoms with Crippen LogP contribution in [0.5, 0.6) is 0 Å². The Balaban J connectivity index is 1.16. The van der Waals surface area contributed by atoms with Gasteiger partial charge < -0.3 is 0 Å². The van der Waals surface area contributed by atoms with Gasteiger partial charge in [0.25, 0.3) is 0 Å². The first-order chi connectivity index (χ1) is 25.8. The lowest BCUT2D eigenvalue weighted by Gasteiger charge is -2.14. The Morgan fingerprint density at radius 3 is 1.48 bits per heavy atom. The number of pyridine rings is 1. The van der Waals surface area contributed by atoms with Gasteiger partial charge in [-0.2, -0.15) is 0 Å². The molecule has 0 aliphatic carbocycles. The molecule has 0 aliphatic heterocycles. The summed E-state index contributed by atoms with van der Waals surface area (Å²) in [6.07, 6.45) is 3.70. The van der Waals surface area contributed by atoms with Crippen LogP contribution < -0.4 is 0 Å². The van der Waals surface area contributed by atoms with Crippen molar-refractivity contribution >= 4 is 43.1 Å². The molecule has 0 fully saturated rings. The molecule has 52 heavy (non-hydrogen) atoms. The second kappa shape index (κ2) is 12.4. The number of fused-ring (bicyclic) bond motifs is 6. The molecule has 2 aromatic heterocycles. The first-order valence-electron chi connectivity index (χ1n) is 17.6. The van der Waals surface area contributed by atoms with Gasteiger partial charge in [0.2, 0.25) is 0 Å². The number of rotatable bonds is 5. The summed E-state index contributed by atoms with van der Waals surface area (Å²) in [6.45, 7) is 0. The van der Waals surface area contributed by atoms with Crippen LogP contribution in [0.25, 0.3) is 99.2 Å². The minimum Gasteiger partial charge on any atom is -0.264 e. The monoisotopic (exact) mass is 661 g/mol. The van der Waals surface area contributed by atoms with Gasteiger partial charge in [-0.05, 0) is 90.1 Å². The Bertz CT molecular complexity index is 2950. The topological polar surface area (TPSA) is 38.7 Å². The molecular weight excluding hydrogens is 631 g/mol. The van der Waals surface area contributed by atoms with Crippen LogP contribution in [0.2, 0.25) is 0 Å². The van der Waals surface area contributed by atoms with Crippen molar-refractivity contribution in [2.45, 2.75) is 0 Å². The van der Waals surface area contributed by atoms with Crippen LogP contribution in [0.4, 0.5) is 0 Å². The molecule has 0 unspecified atom stereocenters. The lowest BCUT2D eigenvalue weighted by Crippen LogP contribution is -1.97. The van der Waals surface area contributed by atoms with Crippen molar-refractivity contribution in [3.63, 3.8) is 0 Å². The van der Waals surface area contributed by atoms with Gasteiger partial charge in [0.05, 0.1) is 11.4 Å². The quantitative estimate of drug-likeness (QED) is 0.172. The van der Waals surface area contributed by atoms with Gasteiger partial charge in [0, 0.05) is 34.6 Å². The van der Waals surface area contributed by atoms with E-state index in [9.17, 15) is 0 Å². The summed E-state index contributed by atoms with van der Waals surface area (Å²) in [7, 11) is 0. The van der Waals surface area contributed by atoms with E-state index in [1.165, 1.54) is 43.4 Å². The van der Waals surface area contributed by atoms with Crippen LogP contribution in [0.3, 0.4) is 0 Å². The maximum absolute atomic E-state index is 5.31. The molecule has 0 aliphatic rings. The third kappa shape index (κ3) is 5.19. The standard InChI is InChI=1S/C49H31N3/c1-3-16-39-35(11-1)28-45(43-20-7-5-18-41(39)43)32-22-24-33(25-23-32)47-30-48(37-14-9-13-34(27-37)38-15-10-26-50-31-38)52-49(51-47)46-29-36-12-2-4-17-40(36)42-19-6-8-21-44(42)46/h1-31H. The van der Waals surface area contributed by atoms with Crippen LogP contribution in [0, 0.1) is 0 Å². The molecule has 3 heteroatoms. The van der Waals surface area contributed by atoms with Crippen molar-refractivity contribution in [3.8, 4) is 56.2 Å². The van der Waals surface area contributed by atoms with Crippen LogP contribution in [-0.2, 0) is 0 Å². The zero-order valence-electron chi connectivity index (χ0n) is 28.2. The fraction of sp³-hybridized carbons (Fsp3) is 0. The number of hydrogen-bond donors (Lipinski definition) is 0. The van der Waals surface area contributed by atoms with E-state index in [2.05, 4.69) is 175 Å². The predicted molar refractivity (Wildman–Crippen MR) is 217 cm³/mol. The molecule has 242 valence electrons. The molecule has 0 bridgehead atoms. The molecule has 10 rings (SSSR count). The lowest BCUT2D eigenvalue weighted by molar-refractivity contribution is 1.19. The Hall–Kier alpha value is -6.97. The summed E-state index contributed by atoms with van der Waals surface area (Å²) < 4.78 is 0. The van der Waals surface area contributed by atoms with E-state index in [0.717, 1.165) is 50.0 Å². The second-order valence-electron chi connectivity index (χ2n) is 13.2. The Labute approximate surface area is 301 Å². The number of nitrogens with zero attached hydrogens (tertiary/aromatic N) is 3. The average molecular weight is 662 g/mol. The van der Waals surface area contributed by atoms with Crippen molar-refractivity contribution < 1.29 is 0 Å². The minimum absolute atomic E-state index is 0.700. The highest BCUT2D eigenvalue weighted by molar-refractivity contribution is 6.14. The molecule has 0 saturated carbocycles. The third-order valence-electron chi connectivity index (χ3n) is 10.1. The normalized spacial score (nSPS) is 11.5. The van der Waals surface area contributed by atoms with E-state index in [1.54, 1.807) is 6.20 Å². The van der Waals surface area contributed by atoms with Crippen LogP contribution in [-0.4, -0.2) is 15.0 Å². The fourth-order valence-electron chi connectivity index (χ4n) is 7.61. The minimum atomic E-state index is 0.700. The van der Waals surface area contributed by atoms with Crippen molar-refractivity contribution in [2.24, 2.45) is 0 Å². The third-order valence-corrected chi connectivity index (χ3v) is 10.1. The highest BCUT2D eigenvalue weighted by atomic mass is 14.9. The van der Waals surface area contributed by atoms with Gasteiger partial charge in [-0.15, -0.1) is 0 Å². The second-order valence-corrected chi connectivity index (χ2v) is 13.2. The van der Waals surface area contributed by atoms with Gasteiger partial charge in [0.1, 0.15) is 0 Å². The van der Waals surface area contributed by atoms with Crippen molar-refractivity contribution in [1.29, 1.82) is 0 Å². The molecule has 3 nitrogen and oxygen atoms in total. The molecule has 2 heterocycles. The van der Waals surface area contributed by atoms with Crippen LogP contribution in [0.1, 0.15) is 0 Å². The molecule has 8 aromatic carbocycles. The van der Waals surface area contributed by atoms with Crippen molar-refractivity contribution in [1.82, 2.24) is 15.0 Å². The van der Waals surface area contributed by atoms with Gasteiger partial charge in [-0.3, -0.25) is 4.98 Å². The highest BCUT2D eigenvalue weighted by Crippen LogP contribution is 2.38. The molecule has 0 spiro atoms. The van der Waals surface area contributed by atoms with Crippen molar-refractivity contribution in [3.05, 3.63) is 188 Å². The van der Waals surface area contributed by atoms with Crippen LogP contribution in [0.15, 0.2) is 188 Å². The van der Waals surface area contributed by atoms with E-state index in [0.29, 0.717) is 5.82 Å². The maximum Gasteiger partial charge on any atom is 0.161 e. The number of benzene rings is 8. The summed E-state index contributed by atoms with van der Waals surface area (Å²) in [5, 5.41) is 9.73. The van der Waals surface area contributed by atoms with E-state index in [4.69, 9.17) is 9.97 Å². The first-order valence-corrected chi connectivity index (χ1v) is 17.6. The maximum atomic E-state index is 5.31. The van der Waals surface area contributed by atoms with E-state index >= 15 is 0 Å². The van der Waals surface area contributed by atoms with E-state index < -0.39 is 0 Å². The number of aromatic nitrogens is 3. The first kappa shape index (κ1) is 29.9. The predicted octanol–water partition coefficient (Wildman–Crippen LogP) is 12.8. The Kier molecular flexibility index (Phi) is 7.14. The van der Waals surface area contributed by atoms with Gasteiger partial charge in [-0.1, -0.05) is 146 Å². The molecule has 0 N–H and O–H groups in total. The van der Waals surface area contributed by atoms with Crippen LogP contribution >= 0.6 is 0 Å².